The second kappa shape index (κ2) is 12.2. The average molecular weight is 426 g/mol. The van der Waals surface area contributed by atoms with Crippen LogP contribution < -0.4 is 4.74 Å². The first-order valence-corrected chi connectivity index (χ1v) is 12.0. The number of nitrogens with zero attached hydrogens (tertiary/aromatic N) is 1. The first-order chi connectivity index (χ1) is 15.2. The lowest BCUT2D eigenvalue weighted by molar-refractivity contribution is -0.0285. The summed E-state index contributed by atoms with van der Waals surface area (Å²) in [6, 6.07) is 18.6. The van der Waals surface area contributed by atoms with Gasteiger partial charge in [-0.05, 0) is 36.1 Å². The third kappa shape index (κ3) is 6.55. The Balaban J connectivity index is 1.85. The number of aliphatic hydroxyl groups is 1. The molecule has 1 fully saturated rings. The highest BCUT2D eigenvalue weighted by Crippen LogP contribution is 2.42. The Bertz CT molecular complexity index is 743. The van der Waals surface area contributed by atoms with Gasteiger partial charge in [-0.25, -0.2) is 0 Å². The molecule has 0 aromatic heterocycles. The standard InChI is InChI=1S/C27H39NO3/c1-3-5-9-19-31-25-14-12-24(13-15-25)27(29,16-4-2)26(23-10-7-6-8-11-23)22-28-17-20-30-21-18-28/h6-8,10-15,26,29H,3-5,9,16-22H2,1-2H3/t26-,27+/m0/s1. The number of rotatable bonds is 12. The van der Waals surface area contributed by atoms with Crippen molar-refractivity contribution in [3.63, 3.8) is 0 Å². The van der Waals surface area contributed by atoms with E-state index in [4.69, 9.17) is 9.47 Å². The molecule has 31 heavy (non-hydrogen) atoms. The Morgan fingerprint density at radius 3 is 2.32 bits per heavy atom. The van der Waals surface area contributed by atoms with Gasteiger partial charge in [0.25, 0.3) is 0 Å². The molecule has 2 atom stereocenters. The van der Waals surface area contributed by atoms with E-state index < -0.39 is 5.60 Å². The van der Waals surface area contributed by atoms with Gasteiger partial charge in [-0.2, -0.15) is 0 Å². The van der Waals surface area contributed by atoms with Crippen molar-refractivity contribution in [3.8, 4) is 5.75 Å². The lowest BCUT2D eigenvalue weighted by atomic mass is 9.74. The summed E-state index contributed by atoms with van der Waals surface area (Å²) >= 11 is 0. The van der Waals surface area contributed by atoms with Gasteiger partial charge < -0.3 is 14.6 Å². The van der Waals surface area contributed by atoms with Crippen LogP contribution in [0.5, 0.6) is 5.75 Å². The highest BCUT2D eigenvalue weighted by molar-refractivity contribution is 5.35. The Kier molecular flexibility index (Phi) is 9.38. The maximum Gasteiger partial charge on any atom is 0.119 e. The van der Waals surface area contributed by atoms with Crippen LogP contribution in [-0.2, 0) is 10.3 Å². The van der Waals surface area contributed by atoms with Crippen LogP contribution in [0.3, 0.4) is 0 Å². The smallest absolute Gasteiger partial charge is 0.119 e. The molecule has 0 aliphatic carbocycles. The molecule has 1 aliphatic heterocycles. The molecule has 2 aromatic rings. The Morgan fingerprint density at radius 2 is 1.68 bits per heavy atom. The number of morpholine rings is 1. The molecule has 1 saturated heterocycles. The molecule has 1 aliphatic rings. The van der Waals surface area contributed by atoms with Gasteiger partial charge >= 0.3 is 0 Å². The third-order valence-electron chi connectivity index (χ3n) is 6.32. The van der Waals surface area contributed by atoms with E-state index in [1.165, 1.54) is 18.4 Å². The maximum atomic E-state index is 12.2. The number of unbranched alkanes of at least 4 members (excludes halogenated alkanes) is 2. The summed E-state index contributed by atoms with van der Waals surface area (Å²) < 4.78 is 11.4. The summed E-state index contributed by atoms with van der Waals surface area (Å²) in [5, 5.41) is 12.2. The van der Waals surface area contributed by atoms with E-state index in [9.17, 15) is 5.11 Å². The van der Waals surface area contributed by atoms with Crippen LogP contribution >= 0.6 is 0 Å². The molecular formula is C27H39NO3. The summed E-state index contributed by atoms with van der Waals surface area (Å²) in [5.74, 6) is 0.867. The van der Waals surface area contributed by atoms with Crippen LogP contribution in [0.25, 0.3) is 0 Å². The topological polar surface area (TPSA) is 41.9 Å². The lowest BCUT2D eigenvalue weighted by Gasteiger charge is -2.41. The molecule has 3 rings (SSSR count). The fourth-order valence-electron chi connectivity index (χ4n) is 4.54. The van der Waals surface area contributed by atoms with Gasteiger partial charge in [-0.15, -0.1) is 0 Å². The Hall–Kier alpha value is -1.88. The highest BCUT2D eigenvalue weighted by Gasteiger charge is 2.39. The molecule has 2 aromatic carbocycles. The predicted molar refractivity (Wildman–Crippen MR) is 127 cm³/mol. The molecule has 0 amide bonds. The molecular weight excluding hydrogens is 386 g/mol. The van der Waals surface area contributed by atoms with E-state index in [0.717, 1.165) is 63.6 Å². The van der Waals surface area contributed by atoms with Crippen molar-refractivity contribution in [2.24, 2.45) is 0 Å². The fraction of sp³-hybridized carbons (Fsp3) is 0.556. The van der Waals surface area contributed by atoms with E-state index in [0.29, 0.717) is 6.42 Å². The normalized spacial score (nSPS) is 17.8. The quantitative estimate of drug-likeness (QED) is 0.465. The summed E-state index contributed by atoms with van der Waals surface area (Å²) in [6.45, 7) is 9.26. The van der Waals surface area contributed by atoms with Crippen LogP contribution in [0.2, 0.25) is 0 Å². The molecule has 170 valence electrons. The molecule has 0 unspecified atom stereocenters. The second-order valence-electron chi connectivity index (χ2n) is 8.63. The summed E-state index contributed by atoms with van der Waals surface area (Å²) in [6.07, 6.45) is 5.09. The minimum Gasteiger partial charge on any atom is -0.494 e. The summed E-state index contributed by atoms with van der Waals surface area (Å²) in [5.41, 5.74) is 1.22. The van der Waals surface area contributed by atoms with E-state index in [1.807, 2.05) is 18.2 Å². The van der Waals surface area contributed by atoms with Crippen molar-refractivity contribution in [1.82, 2.24) is 4.90 Å². The SMILES string of the molecule is CCCCCOc1ccc([C@](O)(CCC)[C@@H](CN2CCOCC2)c2ccccc2)cc1. The molecule has 1 N–H and O–H groups in total. The van der Waals surface area contributed by atoms with Crippen molar-refractivity contribution >= 4 is 0 Å². The Morgan fingerprint density at radius 1 is 0.968 bits per heavy atom. The first-order valence-electron chi connectivity index (χ1n) is 12.0. The molecule has 0 radical (unpaired) electrons. The largest absolute Gasteiger partial charge is 0.494 e. The molecule has 0 saturated carbocycles. The van der Waals surface area contributed by atoms with Crippen LogP contribution in [0, 0.1) is 0 Å². The van der Waals surface area contributed by atoms with Gasteiger partial charge in [0.1, 0.15) is 5.75 Å². The van der Waals surface area contributed by atoms with Gasteiger partial charge in [0.15, 0.2) is 0 Å². The van der Waals surface area contributed by atoms with Gasteiger partial charge in [-0.1, -0.05) is 75.6 Å². The average Bonchev–Trinajstić information content (AvgIpc) is 2.82. The first kappa shape index (κ1) is 23.8. The maximum absolute atomic E-state index is 12.2. The van der Waals surface area contributed by atoms with Crippen LogP contribution in [-0.4, -0.2) is 49.5 Å². The number of benzene rings is 2. The molecule has 4 nitrogen and oxygen atoms in total. The highest BCUT2D eigenvalue weighted by atomic mass is 16.5. The zero-order valence-electron chi connectivity index (χ0n) is 19.3. The van der Waals surface area contributed by atoms with Crippen LogP contribution in [0.4, 0.5) is 0 Å². The van der Waals surface area contributed by atoms with Gasteiger partial charge in [0, 0.05) is 25.6 Å². The van der Waals surface area contributed by atoms with Gasteiger partial charge in [0.2, 0.25) is 0 Å². The van der Waals surface area contributed by atoms with Crippen molar-refractivity contribution in [2.45, 2.75) is 57.5 Å². The monoisotopic (exact) mass is 425 g/mol. The van der Waals surface area contributed by atoms with E-state index in [2.05, 4.69) is 55.1 Å². The molecule has 4 heteroatoms. The number of ether oxygens (including phenoxy) is 2. The zero-order valence-corrected chi connectivity index (χ0v) is 19.3. The number of hydrogen-bond acceptors (Lipinski definition) is 4. The summed E-state index contributed by atoms with van der Waals surface area (Å²) in [4.78, 5) is 2.42. The predicted octanol–water partition coefficient (Wildman–Crippen LogP) is 5.36. The number of hydrogen-bond donors (Lipinski definition) is 1. The molecule has 0 bridgehead atoms. The fourth-order valence-corrected chi connectivity index (χ4v) is 4.54. The van der Waals surface area contributed by atoms with Crippen molar-refractivity contribution in [2.75, 3.05) is 39.5 Å². The lowest BCUT2D eigenvalue weighted by Crippen LogP contribution is -2.45. The second-order valence-corrected chi connectivity index (χ2v) is 8.63. The van der Waals surface area contributed by atoms with Gasteiger partial charge in [-0.3, -0.25) is 4.90 Å². The van der Waals surface area contributed by atoms with Gasteiger partial charge in [0.05, 0.1) is 25.4 Å². The van der Waals surface area contributed by atoms with Crippen molar-refractivity contribution in [1.29, 1.82) is 0 Å². The molecule has 1 heterocycles. The van der Waals surface area contributed by atoms with E-state index in [-0.39, 0.29) is 5.92 Å². The zero-order chi connectivity index (χ0) is 21.9. The van der Waals surface area contributed by atoms with Crippen molar-refractivity contribution < 1.29 is 14.6 Å². The minimum atomic E-state index is -0.935. The van der Waals surface area contributed by atoms with Crippen LogP contribution in [0.15, 0.2) is 54.6 Å². The van der Waals surface area contributed by atoms with E-state index >= 15 is 0 Å². The van der Waals surface area contributed by atoms with E-state index in [1.54, 1.807) is 0 Å². The minimum absolute atomic E-state index is 0.0110. The Labute approximate surface area is 188 Å². The molecule has 0 spiro atoms. The van der Waals surface area contributed by atoms with Crippen LogP contribution in [0.1, 0.15) is 63.0 Å². The van der Waals surface area contributed by atoms with Crippen molar-refractivity contribution in [3.05, 3.63) is 65.7 Å². The summed E-state index contributed by atoms with van der Waals surface area (Å²) in [7, 11) is 0. The third-order valence-corrected chi connectivity index (χ3v) is 6.32.